The molecule has 1 N–H and O–H groups in total. The number of benzene rings is 1. The van der Waals surface area contributed by atoms with Crippen LogP contribution < -0.4 is 0 Å². The van der Waals surface area contributed by atoms with Gasteiger partial charge in [0.2, 0.25) is 0 Å². The zero-order valence-corrected chi connectivity index (χ0v) is 7.53. The Morgan fingerprint density at radius 3 is 2.08 bits per heavy atom. The molecule has 1 aliphatic carbocycles. The van der Waals surface area contributed by atoms with Crippen LogP contribution in [0.25, 0.3) is 0 Å². The lowest BCUT2D eigenvalue weighted by atomic mass is 9.80. The summed E-state index contributed by atoms with van der Waals surface area (Å²) in [6, 6.07) is 10.8. The average molecular weight is 164 g/mol. The molecule has 1 heteroatoms. The van der Waals surface area contributed by atoms with Crippen molar-refractivity contribution < 1.29 is 5.11 Å². The van der Waals surface area contributed by atoms with E-state index in [4.69, 9.17) is 5.11 Å². The monoisotopic (exact) mass is 164 g/mol. The van der Waals surface area contributed by atoms with Gasteiger partial charge in [0.25, 0.3) is 0 Å². The van der Waals surface area contributed by atoms with Crippen molar-refractivity contribution in [3.05, 3.63) is 35.9 Å². The van der Waals surface area contributed by atoms with Gasteiger partial charge in [0.1, 0.15) is 0 Å². The highest BCUT2D eigenvalue weighted by Gasteiger charge is 2.18. The van der Waals surface area contributed by atoms with Gasteiger partial charge in [0.05, 0.1) is 0 Å². The topological polar surface area (TPSA) is 20.2 Å². The van der Waals surface area contributed by atoms with Crippen molar-refractivity contribution in [1.82, 2.24) is 0 Å². The molecule has 0 amide bonds. The fourth-order valence-corrected chi connectivity index (χ4v) is 1.47. The molecular formula is C11H16O. The van der Waals surface area contributed by atoms with E-state index in [2.05, 4.69) is 30.3 Å². The maximum absolute atomic E-state index is 7.00. The van der Waals surface area contributed by atoms with Crippen LogP contribution in [-0.4, -0.2) is 12.2 Å². The van der Waals surface area contributed by atoms with E-state index >= 15 is 0 Å². The maximum Gasteiger partial charge on any atom is 0.0319 e. The summed E-state index contributed by atoms with van der Waals surface area (Å²) < 4.78 is 0. The molecule has 0 saturated heterocycles. The minimum atomic E-state index is 0.890. The second kappa shape index (κ2) is 4.94. The van der Waals surface area contributed by atoms with Crippen LogP contribution in [0.2, 0.25) is 0 Å². The van der Waals surface area contributed by atoms with Crippen LogP contribution in [0, 0.1) is 0 Å². The van der Waals surface area contributed by atoms with E-state index in [1.807, 2.05) is 0 Å². The van der Waals surface area contributed by atoms with Gasteiger partial charge in [-0.2, -0.15) is 0 Å². The van der Waals surface area contributed by atoms with Crippen LogP contribution in [0.1, 0.15) is 30.7 Å². The molecule has 12 heavy (non-hydrogen) atoms. The molecule has 2 rings (SSSR count). The third kappa shape index (κ3) is 2.08. The van der Waals surface area contributed by atoms with Crippen LogP contribution in [-0.2, 0) is 0 Å². The van der Waals surface area contributed by atoms with E-state index in [0.29, 0.717) is 0 Å². The smallest absolute Gasteiger partial charge is 0.0319 e. The molecule has 1 saturated carbocycles. The Balaban J connectivity index is 0.000000336. The van der Waals surface area contributed by atoms with E-state index in [9.17, 15) is 0 Å². The standard InChI is InChI=1S/C10H12.CH4O/c1-2-5-9(6-3-1)10-7-4-8-10;1-2/h1-3,5-6,10H,4,7-8H2;2H,1H3. The van der Waals surface area contributed by atoms with Gasteiger partial charge < -0.3 is 5.11 Å². The fraction of sp³-hybridized carbons (Fsp3) is 0.455. The van der Waals surface area contributed by atoms with E-state index in [0.717, 1.165) is 13.0 Å². The maximum atomic E-state index is 7.00. The predicted octanol–water partition coefficient (Wildman–Crippen LogP) is 2.56. The molecule has 1 aliphatic rings. The Hall–Kier alpha value is -0.820. The van der Waals surface area contributed by atoms with Gasteiger partial charge in [-0.3, -0.25) is 0 Å². The normalized spacial score (nSPS) is 15.8. The van der Waals surface area contributed by atoms with E-state index in [1.54, 1.807) is 0 Å². The summed E-state index contributed by atoms with van der Waals surface area (Å²) in [5, 5.41) is 7.00. The first-order valence-corrected chi connectivity index (χ1v) is 4.46. The molecule has 1 nitrogen and oxygen atoms in total. The molecule has 0 spiro atoms. The van der Waals surface area contributed by atoms with Gasteiger partial charge in [0, 0.05) is 7.11 Å². The zero-order chi connectivity index (χ0) is 8.81. The third-order valence-electron chi connectivity index (χ3n) is 2.38. The number of hydrogen-bond donors (Lipinski definition) is 1. The molecule has 0 aliphatic heterocycles. The van der Waals surface area contributed by atoms with Crippen LogP contribution in [0.5, 0.6) is 0 Å². The number of aliphatic hydroxyl groups excluding tert-OH is 1. The SMILES string of the molecule is CO.c1ccc(C2CCC2)cc1. The molecule has 0 radical (unpaired) electrons. The first kappa shape index (κ1) is 9.27. The lowest BCUT2D eigenvalue weighted by molar-refractivity contribution is 0.399. The van der Waals surface area contributed by atoms with Crippen LogP contribution in [0.15, 0.2) is 30.3 Å². The largest absolute Gasteiger partial charge is 0.400 e. The molecule has 0 unspecified atom stereocenters. The van der Waals surface area contributed by atoms with Crippen LogP contribution in [0.4, 0.5) is 0 Å². The first-order valence-electron chi connectivity index (χ1n) is 4.46. The van der Waals surface area contributed by atoms with Gasteiger partial charge in [0.15, 0.2) is 0 Å². The lowest BCUT2D eigenvalue weighted by Gasteiger charge is -2.25. The Labute approximate surface area is 74.1 Å². The lowest BCUT2D eigenvalue weighted by Crippen LogP contribution is -2.07. The number of aliphatic hydroxyl groups is 1. The van der Waals surface area contributed by atoms with Crippen molar-refractivity contribution >= 4 is 0 Å². The summed E-state index contributed by atoms with van der Waals surface area (Å²) in [6.07, 6.45) is 4.24. The molecule has 0 bridgehead atoms. The van der Waals surface area contributed by atoms with Crippen molar-refractivity contribution in [1.29, 1.82) is 0 Å². The molecule has 1 aromatic rings. The van der Waals surface area contributed by atoms with Crippen LogP contribution >= 0.6 is 0 Å². The van der Waals surface area contributed by atoms with Gasteiger partial charge in [-0.15, -0.1) is 0 Å². The van der Waals surface area contributed by atoms with Crippen molar-refractivity contribution in [2.45, 2.75) is 25.2 Å². The second-order valence-corrected chi connectivity index (χ2v) is 3.04. The molecule has 0 atom stereocenters. The summed E-state index contributed by atoms with van der Waals surface area (Å²) in [5.41, 5.74) is 1.54. The minimum absolute atomic E-state index is 0.890. The zero-order valence-electron chi connectivity index (χ0n) is 7.53. The number of hydrogen-bond acceptors (Lipinski definition) is 1. The fourth-order valence-electron chi connectivity index (χ4n) is 1.47. The third-order valence-corrected chi connectivity index (χ3v) is 2.38. The minimum Gasteiger partial charge on any atom is -0.400 e. The average Bonchev–Trinajstić information content (AvgIpc) is 2.07. The Kier molecular flexibility index (Phi) is 3.81. The Bertz CT molecular complexity index is 202. The summed E-state index contributed by atoms with van der Waals surface area (Å²) in [7, 11) is 1.00. The highest BCUT2D eigenvalue weighted by atomic mass is 16.2. The van der Waals surface area contributed by atoms with Gasteiger partial charge in [-0.25, -0.2) is 0 Å². The van der Waals surface area contributed by atoms with Crippen LogP contribution in [0.3, 0.4) is 0 Å². The van der Waals surface area contributed by atoms with E-state index in [1.165, 1.54) is 24.8 Å². The highest BCUT2D eigenvalue weighted by molar-refractivity contribution is 5.20. The summed E-state index contributed by atoms with van der Waals surface area (Å²) >= 11 is 0. The molecule has 1 aromatic carbocycles. The van der Waals surface area contributed by atoms with Crippen molar-refractivity contribution in [2.75, 3.05) is 7.11 Å². The van der Waals surface area contributed by atoms with E-state index < -0.39 is 0 Å². The van der Waals surface area contributed by atoms with Gasteiger partial charge >= 0.3 is 0 Å². The van der Waals surface area contributed by atoms with Gasteiger partial charge in [-0.05, 0) is 24.3 Å². The summed E-state index contributed by atoms with van der Waals surface area (Å²) in [4.78, 5) is 0. The number of rotatable bonds is 1. The highest BCUT2D eigenvalue weighted by Crippen LogP contribution is 2.35. The predicted molar refractivity (Wildman–Crippen MR) is 51.2 cm³/mol. The van der Waals surface area contributed by atoms with Crippen molar-refractivity contribution in [2.24, 2.45) is 0 Å². The second-order valence-electron chi connectivity index (χ2n) is 3.04. The molecular weight excluding hydrogens is 148 g/mol. The summed E-state index contributed by atoms with van der Waals surface area (Å²) in [5.74, 6) is 0.890. The quantitative estimate of drug-likeness (QED) is 0.676. The Morgan fingerprint density at radius 1 is 1.08 bits per heavy atom. The van der Waals surface area contributed by atoms with Gasteiger partial charge in [-0.1, -0.05) is 36.8 Å². The molecule has 0 heterocycles. The van der Waals surface area contributed by atoms with E-state index in [-0.39, 0.29) is 0 Å². The molecule has 1 fully saturated rings. The van der Waals surface area contributed by atoms with Crippen molar-refractivity contribution in [3.8, 4) is 0 Å². The Morgan fingerprint density at radius 2 is 1.67 bits per heavy atom. The van der Waals surface area contributed by atoms with Crippen molar-refractivity contribution in [3.63, 3.8) is 0 Å². The molecule has 66 valence electrons. The molecule has 0 aromatic heterocycles. The summed E-state index contributed by atoms with van der Waals surface area (Å²) in [6.45, 7) is 0. The first-order chi connectivity index (χ1) is 5.97.